The molecule has 2 heterocycles. The number of nitrogens with one attached hydrogen (secondary N) is 1. The number of ether oxygens (including phenoxy) is 2. The van der Waals surface area contributed by atoms with E-state index in [2.05, 4.69) is 12.2 Å². The zero-order chi connectivity index (χ0) is 9.86. The van der Waals surface area contributed by atoms with Gasteiger partial charge in [0.2, 0.25) is 0 Å². The Hall–Kier alpha value is -0.120. The maximum atomic E-state index is 5.38. The summed E-state index contributed by atoms with van der Waals surface area (Å²) in [5.41, 5.74) is 0.445. The maximum Gasteiger partial charge on any atom is 0.0620 e. The summed E-state index contributed by atoms with van der Waals surface area (Å²) in [5.74, 6) is 0. The highest BCUT2D eigenvalue weighted by Gasteiger charge is 2.28. The van der Waals surface area contributed by atoms with Gasteiger partial charge in [-0.15, -0.1) is 0 Å². The van der Waals surface area contributed by atoms with Crippen molar-refractivity contribution in [2.24, 2.45) is 5.41 Å². The van der Waals surface area contributed by atoms with Crippen molar-refractivity contribution in [3.05, 3.63) is 0 Å². The smallest absolute Gasteiger partial charge is 0.0620 e. The lowest BCUT2D eigenvalue weighted by atomic mass is 9.82. The van der Waals surface area contributed by atoms with E-state index in [0.717, 1.165) is 33.0 Å². The Bertz CT molecular complexity index is 172. The molecule has 82 valence electrons. The van der Waals surface area contributed by atoms with Gasteiger partial charge in [0.05, 0.1) is 6.61 Å². The molecule has 0 aromatic heterocycles. The molecule has 1 atom stereocenters. The molecular formula is C11H21NO2. The second-order valence-corrected chi connectivity index (χ2v) is 4.86. The van der Waals surface area contributed by atoms with E-state index in [-0.39, 0.29) is 0 Å². The van der Waals surface area contributed by atoms with Crippen LogP contribution in [0.4, 0.5) is 0 Å². The van der Waals surface area contributed by atoms with Crippen LogP contribution in [0.15, 0.2) is 0 Å². The summed E-state index contributed by atoms with van der Waals surface area (Å²) >= 11 is 0. The van der Waals surface area contributed by atoms with Crippen LogP contribution < -0.4 is 5.32 Å². The Labute approximate surface area is 86.2 Å². The van der Waals surface area contributed by atoms with Crippen molar-refractivity contribution in [2.45, 2.75) is 32.2 Å². The minimum absolute atomic E-state index is 0.445. The molecule has 2 aliphatic heterocycles. The van der Waals surface area contributed by atoms with Crippen LogP contribution in [-0.4, -0.2) is 39.0 Å². The van der Waals surface area contributed by atoms with Gasteiger partial charge in [-0.2, -0.15) is 0 Å². The van der Waals surface area contributed by atoms with E-state index < -0.39 is 0 Å². The van der Waals surface area contributed by atoms with E-state index in [0.29, 0.717) is 11.5 Å². The number of hydrogen-bond donors (Lipinski definition) is 1. The fraction of sp³-hybridized carbons (Fsp3) is 1.00. The molecule has 2 saturated heterocycles. The first-order valence-corrected chi connectivity index (χ1v) is 5.67. The molecule has 0 amide bonds. The topological polar surface area (TPSA) is 30.5 Å². The van der Waals surface area contributed by atoms with E-state index in [1.807, 2.05) is 0 Å². The molecular weight excluding hydrogens is 178 g/mol. The summed E-state index contributed by atoms with van der Waals surface area (Å²) in [6.07, 6.45) is 3.55. The summed E-state index contributed by atoms with van der Waals surface area (Å²) in [6, 6.07) is 0.592. The average molecular weight is 199 g/mol. The molecule has 0 spiro atoms. The van der Waals surface area contributed by atoms with Crippen LogP contribution in [0.1, 0.15) is 26.2 Å². The van der Waals surface area contributed by atoms with E-state index >= 15 is 0 Å². The SMILES string of the molecule is CC1(CNC2CCOC2)CCOCC1. The summed E-state index contributed by atoms with van der Waals surface area (Å²) in [7, 11) is 0. The molecule has 0 aliphatic carbocycles. The maximum absolute atomic E-state index is 5.38. The van der Waals surface area contributed by atoms with Gasteiger partial charge in [-0.3, -0.25) is 0 Å². The molecule has 2 rings (SSSR count). The third-order valence-electron chi connectivity index (χ3n) is 3.45. The Morgan fingerprint density at radius 1 is 1.21 bits per heavy atom. The quantitative estimate of drug-likeness (QED) is 0.740. The highest BCUT2D eigenvalue weighted by Crippen LogP contribution is 2.28. The minimum Gasteiger partial charge on any atom is -0.381 e. The van der Waals surface area contributed by atoms with E-state index in [9.17, 15) is 0 Å². The van der Waals surface area contributed by atoms with Crippen molar-refractivity contribution in [3.8, 4) is 0 Å². The monoisotopic (exact) mass is 199 g/mol. The van der Waals surface area contributed by atoms with Gasteiger partial charge < -0.3 is 14.8 Å². The van der Waals surface area contributed by atoms with Gasteiger partial charge in [0.15, 0.2) is 0 Å². The van der Waals surface area contributed by atoms with Crippen LogP contribution in [0.2, 0.25) is 0 Å². The van der Waals surface area contributed by atoms with Gasteiger partial charge in [-0.05, 0) is 24.7 Å². The van der Waals surface area contributed by atoms with Crippen molar-refractivity contribution < 1.29 is 9.47 Å². The molecule has 2 aliphatic rings. The fourth-order valence-electron chi connectivity index (χ4n) is 2.13. The average Bonchev–Trinajstić information content (AvgIpc) is 2.69. The molecule has 0 bridgehead atoms. The predicted octanol–water partition coefficient (Wildman–Crippen LogP) is 1.18. The van der Waals surface area contributed by atoms with Crippen molar-refractivity contribution in [1.82, 2.24) is 5.32 Å². The number of hydrogen-bond acceptors (Lipinski definition) is 3. The van der Waals surface area contributed by atoms with E-state index in [1.165, 1.54) is 19.3 Å². The first-order chi connectivity index (χ1) is 6.79. The third-order valence-corrected chi connectivity index (χ3v) is 3.45. The van der Waals surface area contributed by atoms with Crippen LogP contribution in [0.3, 0.4) is 0 Å². The molecule has 14 heavy (non-hydrogen) atoms. The second-order valence-electron chi connectivity index (χ2n) is 4.86. The molecule has 0 saturated carbocycles. The van der Waals surface area contributed by atoms with E-state index in [1.54, 1.807) is 0 Å². The second kappa shape index (κ2) is 4.60. The first-order valence-electron chi connectivity index (χ1n) is 5.67. The highest BCUT2D eigenvalue weighted by atomic mass is 16.5. The van der Waals surface area contributed by atoms with Gasteiger partial charge in [0, 0.05) is 32.4 Å². The van der Waals surface area contributed by atoms with Crippen molar-refractivity contribution in [1.29, 1.82) is 0 Å². The molecule has 3 heteroatoms. The Morgan fingerprint density at radius 2 is 2.00 bits per heavy atom. The van der Waals surface area contributed by atoms with Crippen molar-refractivity contribution in [2.75, 3.05) is 33.0 Å². The Balaban J connectivity index is 1.72. The van der Waals surface area contributed by atoms with Crippen LogP contribution in [0.25, 0.3) is 0 Å². The highest BCUT2D eigenvalue weighted by molar-refractivity contribution is 4.82. The molecule has 0 aromatic carbocycles. The third kappa shape index (κ3) is 2.69. The minimum atomic E-state index is 0.445. The molecule has 1 N–H and O–H groups in total. The summed E-state index contributed by atoms with van der Waals surface area (Å²) in [4.78, 5) is 0. The lowest BCUT2D eigenvalue weighted by Crippen LogP contribution is -2.41. The zero-order valence-electron chi connectivity index (χ0n) is 9.05. The Morgan fingerprint density at radius 3 is 2.64 bits per heavy atom. The molecule has 1 unspecified atom stereocenters. The van der Waals surface area contributed by atoms with Crippen LogP contribution in [-0.2, 0) is 9.47 Å². The molecule has 0 aromatic rings. The normalized spacial score (nSPS) is 31.9. The summed E-state index contributed by atoms with van der Waals surface area (Å²) < 4.78 is 10.7. The fourth-order valence-corrected chi connectivity index (χ4v) is 2.13. The van der Waals surface area contributed by atoms with Crippen LogP contribution >= 0.6 is 0 Å². The first kappa shape index (κ1) is 10.4. The molecule has 2 fully saturated rings. The standard InChI is InChI=1S/C11H21NO2/c1-11(3-6-13-7-4-11)9-12-10-2-5-14-8-10/h10,12H,2-9H2,1H3. The predicted molar refractivity (Wildman–Crippen MR) is 55.4 cm³/mol. The largest absolute Gasteiger partial charge is 0.381 e. The van der Waals surface area contributed by atoms with Crippen molar-refractivity contribution >= 4 is 0 Å². The van der Waals surface area contributed by atoms with Crippen LogP contribution in [0, 0.1) is 5.41 Å². The number of rotatable bonds is 3. The van der Waals surface area contributed by atoms with Gasteiger partial charge >= 0.3 is 0 Å². The zero-order valence-corrected chi connectivity index (χ0v) is 9.05. The molecule has 3 nitrogen and oxygen atoms in total. The van der Waals surface area contributed by atoms with Gasteiger partial charge in [-0.1, -0.05) is 6.92 Å². The van der Waals surface area contributed by atoms with E-state index in [4.69, 9.17) is 9.47 Å². The lowest BCUT2D eigenvalue weighted by molar-refractivity contribution is 0.0227. The summed E-state index contributed by atoms with van der Waals surface area (Å²) in [5, 5.41) is 3.61. The Kier molecular flexibility index (Phi) is 3.42. The van der Waals surface area contributed by atoms with Gasteiger partial charge in [-0.25, -0.2) is 0 Å². The van der Waals surface area contributed by atoms with Crippen LogP contribution in [0.5, 0.6) is 0 Å². The van der Waals surface area contributed by atoms with Crippen molar-refractivity contribution in [3.63, 3.8) is 0 Å². The summed E-state index contributed by atoms with van der Waals surface area (Å²) in [6.45, 7) is 7.16. The lowest BCUT2D eigenvalue weighted by Gasteiger charge is -2.34. The van der Waals surface area contributed by atoms with Gasteiger partial charge in [0.25, 0.3) is 0 Å². The van der Waals surface area contributed by atoms with Gasteiger partial charge in [0.1, 0.15) is 0 Å². The molecule has 0 radical (unpaired) electrons.